The summed E-state index contributed by atoms with van der Waals surface area (Å²) in [7, 11) is 1.74. The largest absolute Gasteiger partial charge is 0.385 e. The average molecular weight is 299 g/mol. The molecule has 124 valence electrons. The standard InChI is InChI=1S/C16H33N3O2/c1-13-10-18(15(20)17-12-16(3,4)5)11-14(2)19(13)8-7-9-21-6/h13-14H,7-12H2,1-6H3,(H,17,20). The Balaban J connectivity index is 2.46. The van der Waals surface area contributed by atoms with Crippen LogP contribution in [0.4, 0.5) is 4.79 Å². The Morgan fingerprint density at radius 2 is 1.81 bits per heavy atom. The second kappa shape index (κ2) is 7.99. The second-order valence-corrected chi connectivity index (χ2v) is 7.41. The molecule has 0 aromatic carbocycles. The molecule has 2 atom stereocenters. The molecule has 0 aromatic heterocycles. The number of nitrogens with one attached hydrogen (secondary N) is 1. The monoisotopic (exact) mass is 299 g/mol. The van der Waals surface area contributed by atoms with E-state index in [9.17, 15) is 4.79 Å². The molecule has 0 radical (unpaired) electrons. The van der Waals surface area contributed by atoms with Crippen molar-refractivity contribution >= 4 is 6.03 Å². The zero-order valence-corrected chi connectivity index (χ0v) is 14.6. The molecule has 2 amide bonds. The van der Waals surface area contributed by atoms with E-state index in [1.54, 1.807) is 7.11 Å². The fourth-order valence-electron chi connectivity index (χ4n) is 2.81. The third-order valence-corrected chi connectivity index (χ3v) is 3.92. The molecular weight excluding hydrogens is 266 g/mol. The van der Waals surface area contributed by atoms with Crippen molar-refractivity contribution < 1.29 is 9.53 Å². The molecule has 1 rings (SSSR count). The Labute approximate surface area is 130 Å². The van der Waals surface area contributed by atoms with E-state index in [-0.39, 0.29) is 11.4 Å². The number of piperazine rings is 1. The van der Waals surface area contributed by atoms with Crippen molar-refractivity contribution in [3.63, 3.8) is 0 Å². The van der Waals surface area contributed by atoms with Crippen LogP contribution in [0.3, 0.4) is 0 Å². The SMILES string of the molecule is COCCCN1C(C)CN(C(=O)NCC(C)(C)C)CC1C. The van der Waals surface area contributed by atoms with Gasteiger partial charge in [0.1, 0.15) is 0 Å². The quantitative estimate of drug-likeness (QED) is 0.791. The number of carbonyl (C=O) groups is 1. The minimum Gasteiger partial charge on any atom is -0.385 e. The summed E-state index contributed by atoms with van der Waals surface area (Å²) >= 11 is 0. The van der Waals surface area contributed by atoms with Gasteiger partial charge in [0.15, 0.2) is 0 Å². The molecule has 1 heterocycles. The zero-order chi connectivity index (χ0) is 16.0. The molecule has 0 aromatic rings. The van der Waals surface area contributed by atoms with Crippen LogP contribution in [0.15, 0.2) is 0 Å². The molecule has 0 bridgehead atoms. The number of urea groups is 1. The smallest absolute Gasteiger partial charge is 0.317 e. The summed E-state index contributed by atoms with van der Waals surface area (Å²) in [5, 5.41) is 3.05. The van der Waals surface area contributed by atoms with Gasteiger partial charge < -0.3 is 15.0 Å². The average Bonchev–Trinajstić information content (AvgIpc) is 2.38. The van der Waals surface area contributed by atoms with E-state index in [2.05, 4.69) is 44.8 Å². The third kappa shape index (κ3) is 6.22. The van der Waals surface area contributed by atoms with Crippen molar-refractivity contribution in [3.8, 4) is 0 Å². The van der Waals surface area contributed by atoms with Crippen LogP contribution in [0.5, 0.6) is 0 Å². The first kappa shape index (κ1) is 18.2. The molecule has 1 fully saturated rings. The predicted molar refractivity (Wildman–Crippen MR) is 86.5 cm³/mol. The van der Waals surface area contributed by atoms with Crippen molar-refractivity contribution in [2.75, 3.05) is 39.9 Å². The molecule has 1 aliphatic rings. The second-order valence-electron chi connectivity index (χ2n) is 7.41. The van der Waals surface area contributed by atoms with Crippen LogP contribution < -0.4 is 5.32 Å². The molecule has 5 nitrogen and oxygen atoms in total. The number of ether oxygens (including phenoxy) is 1. The molecular formula is C16H33N3O2. The lowest BCUT2D eigenvalue weighted by atomic mass is 9.97. The first-order valence-corrected chi connectivity index (χ1v) is 8.02. The van der Waals surface area contributed by atoms with E-state index >= 15 is 0 Å². The van der Waals surface area contributed by atoms with Gasteiger partial charge in [-0.2, -0.15) is 0 Å². The van der Waals surface area contributed by atoms with Crippen molar-refractivity contribution in [1.82, 2.24) is 15.1 Å². The number of amides is 2. The highest BCUT2D eigenvalue weighted by Crippen LogP contribution is 2.17. The van der Waals surface area contributed by atoms with Gasteiger partial charge in [0.05, 0.1) is 0 Å². The minimum atomic E-state index is 0.0696. The maximum Gasteiger partial charge on any atom is 0.317 e. The molecule has 0 saturated carbocycles. The first-order valence-electron chi connectivity index (χ1n) is 8.02. The molecule has 5 heteroatoms. The molecule has 1 saturated heterocycles. The van der Waals surface area contributed by atoms with Gasteiger partial charge >= 0.3 is 6.03 Å². The molecule has 2 unspecified atom stereocenters. The van der Waals surface area contributed by atoms with Gasteiger partial charge in [0.25, 0.3) is 0 Å². The summed E-state index contributed by atoms with van der Waals surface area (Å²) in [5.41, 5.74) is 0.120. The number of nitrogens with zero attached hydrogens (tertiary/aromatic N) is 2. The van der Waals surface area contributed by atoms with E-state index < -0.39 is 0 Å². The van der Waals surface area contributed by atoms with Crippen molar-refractivity contribution in [3.05, 3.63) is 0 Å². The normalized spacial score (nSPS) is 24.2. The number of methoxy groups -OCH3 is 1. The van der Waals surface area contributed by atoms with Crippen LogP contribution in [0, 0.1) is 5.41 Å². The molecule has 21 heavy (non-hydrogen) atoms. The Bertz CT molecular complexity index is 316. The lowest BCUT2D eigenvalue weighted by Crippen LogP contribution is -2.60. The lowest BCUT2D eigenvalue weighted by molar-refractivity contribution is 0.0476. The van der Waals surface area contributed by atoms with Crippen molar-refractivity contribution in [1.29, 1.82) is 0 Å². The van der Waals surface area contributed by atoms with Crippen LogP contribution in [0.25, 0.3) is 0 Å². The number of rotatable bonds is 5. The van der Waals surface area contributed by atoms with Crippen LogP contribution in [-0.4, -0.2) is 67.8 Å². The van der Waals surface area contributed by atoms with Gasteiger partial charge in [-0.1, -0.05) is 20.8 Å². The van der Waals surface area contributed by atoms with Gasteiger partial charge in [-0.25, -0.2) is 4.79 Å². The fourth-order valence-corrected chi connectivity index (χ4v) is 2.81. The maximum atomic E-state index is 12.3. The summed E-state index contributed by atoms with van der Waals surface area (Å²) in [6, 6.07) is 0.858. The third-order valence-electron chi connectivity index (χ3n) is 3.92. The summed E-state index contributed by atoms with van der Waals surface area (Å²) < 4.78 is 5.13. The van der Waals surface area contributed by atoms with Gasteiger partial charge in [-0.05, 0) is 25.7 Å². The van der Waals surface area contributed by atoms with Crippen LogP contribution >= 0.6 is 0 Å². The Kier molecular flexibility index (Phi) is 6.94. The minimum absolute atomic E-state index is 0.0696. The number of carbonyl (C=O) groups excluding carboxylic acids is 1. The van der Waals surface area contributed by atoms with Gasteiger partial charge in [-0.3, -0.25) is 4.90 Å². The van der Waals surface area contributed by atoms with Crippen LogP contribution in [0.2, 0.25) is 0 Å². The molecule has 0 spiro atoms. The highest BCUT2D eigenvalue weighted by atomic mass is 16.5. The van der Waals surface area contributed by atoms with Gasteiger partial charge in [-0.15, -0.1) is 0 Å². The summed E-state index contributed by atoms with van der Waals surface area (Å²) in [6.45, 7) is 14.9. The highest BCUT2D eigenvalue weighted by molar-refractivity contribution is 5.74. The maximum absolute atomic E-state index is 12.3. The van der Waals surface area contributed by atoms with E-state index in [0.717, 1.165) is 32.7 Å². The van der Waals surface area contributed by atoms with Crippen LogP contribution in [-0.2, 0) is 4.74 Å². The summed E-state index contributed by atoms with van der Waals surface area (Å²) in [4.78, 5) is 16.7. The number of hydrogen-bond donors (Lipinski definition) is 1. The van der Waals surface area contributed by atoms with E-state index in [1.165, 1.54) is 0 Å². The highest BCUT2D eigenvalue weighted by Gasteiger charge is 2.31. The van der Waals surface area contributed by atoms with Crippen molar-refractivity contribution in [2.24, 2.45) is 5.41 Å². The van der Waals surface area contributed by atoms with Gasteiger partial charge in [0, 0.05) is 52.0 Å². The summed E-state index contributed by atoms with van der Waals surface area (Å²) in [5.74, 6) is 0. The zero-order valence-electron chi connectivity index (χ0n) is 14.6. The Hall–Kier alpha value is -0.810. The van der Waals surface area contributed by atoms with E-state index in [4.69, 9.17) is 4.74 Å². The first-order chi connectivity index (χ1) is 9.74. The Morgan fingerprint density at radius 3 is 2.29 bits per heavy atom. The molecule has 0 aliphatic carbocycles. The molecule has 1 aliphatic heterocycles. The lowest BCUT2D eigenvalue weighted by Gasteiger charge is -2.44. The van der Waals surface area contributed by atoms with Crippen LogP contribution in [0.1, 0.15) is 41.0 Å². The van der Waals surface area contributed by atoms with E-state index in [1.807, 2.05) is 4.90 Å². The molecule has 1 N–H and O–H groups in total. The predicted octanol–water partition coefficient (Wildman–Crippen LogP) is 2.17. The van der Waals surface area contributed by atoms with E-state index in [0.29, 0.717) is 18.6 Å². The fraction of sp³-hybridized carbons (Fsp3) is 0.938. The Morgan fingerprint density at radius 1 is 1.24 bits per heavy atom. The summed E-state index contributed by atoms with van der Waals surface area (Å²) in [6.07, 6.45) is 1.04. The number of hydrogen-bond acceptors (Lipinski definition) is 3. The topological polar surface area (TPSA) is 44.8 Å². The van der Waals surface area contributed by atoms with Crippen molar-refractivity contribution in [2.45, 2.75) is 53.1 Å². The van der Waals surface area contributed by atoms with Gasteiger partial charge in [0.2, 0.25) is 0 Å².